The van der Waals surface area contributed by atoms with Gasteiger partial charge in [0.15, 0.2) is 5.78 Å². The zero-order valence-electron chi connectivity index (χ0n) is 27.2. The van der Waals surface area contributed by atoms with Crippen LogP contribution in [0.3, 0.4) is 0 Å². The van der Waals surface area contributed by atoms with Crippen LogP contribution in [-0.2, 0) is 38.7 Å². The molecule has 0 spiro atoms. The van der Waals surface area contributed by atoms with Crippen LogP contribution in [0.1, 0.15) is 62.4 Å². The fourth-order valence-electron chi connectivity index (χ4n) is 5.74. The minimum absolute atomic E-state index is 0.00833. The number of benzene rings is 4. The van der Waals surface area contributed by atoms with Gasteiger partial charge in [0.25, 0.3) is 5.91 Å². The average molecular weight is 754 g/mol. The van der Waals surface area contributed by atoms with Gasteiger partial charge in [-0.3, -0.25) is 18.7 Å². The topological polar surface area (TPSA) is 152 Å². The van der Waals surface area contributed by atoms with Crippen LogP contribution in [-0.4, -0.2) is 49.3 Å². The molecule has 0 bridgehead atoms. The summed E-state index contributed by atoms with van der Waals surface area (Å²) in [5, 5.41) is 0. The summed E-state index contributed by atoms with van der Waals surface area (Å²) in [6.07, 6.45) is -0.566. The van der Waals surface area contributed by atoms with Gasteiger partial charge in [0.2, 0.25) is 0 Å². The third-order valence-corrected chi connectivity index (χ3v) is 10.6. The van der Waals surface area contributed by atoms with E-state index in [1.807, 2.05) is 0 Å². The maximum absolute atomic E-state index is 14.7. The summed E-state index contributed by atoms with van der Waals surface area (Å²) in [6.45, 7) is 4.42. The molecule has 4 N–H and O–H groups in total. The maximum Gasteiger partial charge on any atom is 0.399 e. The Kier molecular flexibility index (Phi) is 11.6. The van der Waals surface area contributed by atoms with Gasteiger partial charge in [0.1, 0.15) is 5.82 Å². The monoisotopic (exact) mass is 753 g/mol. The molecule has 272 valence electrons. The molecule has 0 aliphatic heterocycles. The van der Waals surface area contributed by atoms with Crippen molar-refractivity contribution in [2.45, 2.75) is 43.4 Å². The molecule has 0 atom stereocenters. The SMILES string of the molecule is CCN(CC)C(=O)c1ccc(C(Cc2ccc(C(F)(F)P(=O)(O)O)cc2)(Cc2ccc(C(F)(F)P(=O)(O)O)cc2)C(=O)c2ccc(F)cc2)cc1. The summed E-state index contributed by atoms with van der Waals surface area (Å²) < 4.78 is 94.9. The summed E-state index contributed by atoms with van der Waals surface area (Å²) in [6, 6.07) is 18.3. The number of halogens is 5. The zero-order chi connectivity index (χ0) is 38.0. The number of ketones is 1. The van der Waals surface area contributed by atoms with E-state index in [0.29, 0.717) is 13.1 Å². The molecule has 0 aliphatic rings. The molecule has 16 heteroatoms. The van der Waals surface area contributed by atoms with Crippen molar-refractivity contribution in [3.05, 3.63) is 142 Å². The predicted molar refractivity (Wildman–Crippen MR) is 178 cm³/mol. The first kappa shape index (κ1) is 39.8. The van der Waals surface area contributed by atoms with Crippen molar-refractivity contribution in [3.8, 4) is 0 Å². The lowest BCUT2D eigenvalue weighted by Gasteiger charge is -2.34. The molecule has 0 fully saturated rings. The number of Topliss-reactive ketones (excluding diaryl/α,β-unsaturated/α-hetero) is 1. The van der Waals surface area contributed by atoms with Crippen LogP contribution < -0.4 is 0 Å². The van der Waals surface area contributed by atoms with E-state index < -0.39 is 54.7 Å². The molecule has 4 aromatic rings. The summed E-state index contributed by atoms with van der Waals surface area (Å²) in [4.78, 5) is 66.1. The third-order valence-electron chi connectivity index (χ3n) is 8.62. The van der Waals surface area contributed by atoms with E-state index in [4.69, 9.17) is 0 Å². The van der Waals surface area contributed by atoms with Crippen LogP contribution in [0.25, 0.3) is 0 Å². The van der Waals surface area contributed by atoms with E-state index in [-0.39, 0.29) is 46.6 Å². The van der Waals surface area contributed by atoms with Crippen LogP contribution in [0.15, 0.2) is 97.1 Å². The molecule has 0 heterocycles. The number of rotatable bonds is 14. The van der Waals surface area contributed by atoms with Crippen LogP contribution in [0, 0.1) is 5.82 Å². The number of carbonyl (C=O) groups excluding carboxylic acids is 2. The first-order valence-corrected chi connectivity index (χ1v) is 18.7. The van der Waals surface area contributed by atoms with Crippen molar-refractivity contribution >= 4 is 26.9 Å². The Morgan fingerprint density at radius 2 is 0.941 bits per heavy atom. The molecular formula is C35H34F5NO8P2. The van der Waals surface area contributed by atoms with Crippen LogP contribution >= 0.6 is 15.2 Å². The second-order valence-electron chi connectivity index (χ2n) is 11.9. The molecule has 9 nitrogen and oxygen atoms in total. The normalized spacial score (nSPS) is 12.8. The number of hydrogen-bond acceptors (Lipinski definition) is 4. The van der Waals surface area contributed by atoms with Gasteiger partial charge in [0, 0.05) is 35.3 Å². The Morgan fingerprint density at radius 3 is 1.29 bits per heavy atom. The number of hydrogen-bond donors (Lipinski definition) is 4. The highest BCUT2D eigenvalue weighted by Gasteiger charge is 2.51. The highest BCUT2D eigenvalue weighted by Crippen LogP contribution is 2.60. The third kappa shape index (κ3) is 8.22. The van der Waals surface area contributed by atoms with E-state index in [0.717, 1.165) is 60.7 Å². The zero-order valence-corrected chi connectivity index (χ0v) is 29.0. The highest BCUT2D eigenvalue weighted by atomic mass is 31.2. The van der Waals surface area contributed by atoms with Crippen LogP contribution in [0.2, 0.25) is 0 Å². The van der Waals surface area contributed by atoms with Gasteiger partial charge >= 0.3 is 26.5 Å². The number of amides is 1. The van der Waals surface area contributed by atoms with Gasteiger partial charge in [-0.05, 0) is 79.8 Å². The minimum Gasteiger partial charge on any atom is -0.339 e. The van der Waals surface area contributed by atoms with Gasteiger partial charge in [-0.1, -0.05) is 60.7 Å². The smallest absolute Gasteiger partial charge is 0.339 e. The summed E-state index contributed by atoms with van der Waals surface area (Å²) >= 11 is 0. The second kappa shape index (κ2) is 14.9. The molecule has 51 heavy (non-hydrogen) atoms. The number of carbonyl (C=O) groups is 2. The summed E-state index contributed by atoms with van der Waals surface area (Å²) in [7, 11) is -11.8. The van der Waals surface area contributed by atoms with E-state index in [1.54, 1.807) is 18.7 Å². The Labute approximate surface area is 290 Å². The first-order chi connectivity index (χ1) is 23.7. The van der Waals surface area contributed by atoms with Gasteiger partial charge in [-0.2, -0.15) is 17.6 Å². The van der Waals surface area contributed by atoms with Gasteiger partial charge < -0.3 is 24.5 Å². The molecule has 0 saturated heterocycles. The Bertz CT molecular complexity index is 1880. The van der Waals surface area contributed by atoms with Crippen molar-refractivity contribution in [2.24, 2.45) is 0 Å². The summed E-state index contributed by atoms with van der Waals surface area (Å²) in [5.74, 6) is -1.58. The van der Waals surface area contributed by atoms with Crippen molar-refractivity contribution < 1.29 is 60.2 Å². The molecule has 0 aliphatic carbocycles. The van der Waals surface area contributed by atoms with Crippen molar-refractivity contribution in [1.29, 1.82) is 0 Å². The number of nitrogens with zero attached hydrogens (tertiary/aromatic N) is 1. The van der Waals surface area contributed by atoms with Crippen molar-refractivity contribution in [1.82, 2.24) is 4.90 Å². The maximum atomic E-state index is 14.7. The standard InChI is InChI=1S/C35H34F5NO8P2/c1-3-41(4-2)32(43)26-9-17-27(18-10-26)33(31(42)25-11-19-30(36)20-12-25,21-23-5-13-28(14-6-23)34(37,38)50(44,45)46)22-24-7-15-29(16-8-24)35(39,40)51(47,48)49/h5-20H,3-4,21-22H2,1-2H3,(H2,44,45,46)(H2,47,48,49). The molecule has 0 aromatic heterocycles. The van der Waals surface area contributed by atoms with Crippen LogP contribution in [0.5, 0.6) is 0 Å². The fraction of sp³-hybridized carbons (Fsp3) is 0.257. The molecular weight excluding hydrogens is 719 g/mol. The summed E-state index contributed by atoms with van der Waals surface area (Å²) in [5.41, 5.74) is -11.7. The Hall–Kier alpha value is -4.03. The molecule has 0 unspecified atom stereocenters. The lowest BCUT2D eigenvalue weighted by Crippen LogP contribution is -2.41. The van der Waals surface area contributed by atoms with E-state index in [9.17, 15) is 60.2 Å². The second-order valence-corrected chi connectivity index (χ2v) is 15.2. The molecule has 1 amide bonds. The van der Waals surface area contributed by atoms with E-state index in [2.05, 4.69) is 0 Å². The molecule has 0 radical (unpaired) electrons. The van der Waals surface area contributed by atoms with Crippen molar-refractivity contribution in [3.63, 3.8) is 0 Å². The average Bonchev–Trinajstić information content (AvgIpc) is 3.08. The van der Waals surface area contributed by atoms with Crippen molar-refractivity contribution in [2.75, 3.05) is 13.1 Å². The lowest BCUT2D eigenvalue weighted by atomic mass is 9.66. The Morgan fingerprint density at radius 1 is 0.588 bits per heavy atom. The quantitative estimate of drug-likeness (QED) is 0.0592. The van der Waals surface area contributed by atoms with E-state index in [1.165, 1.54) is 36.4 Å². The van der Waals surface area contributed by atoms with Crippen LogP contribution in [0.4, 0.5) is 22.0 Å². The van der Waals surface area contributed by atoms with Gasteiger partial charge in [-0.15, -0.1) is 0 Å². The highest BCUT2D eigenvalue weighted by molar-refractivity contribution is 7.52. The minimum atomic E-state index is -5.90. The number of alkyl halides is 4. The first-order valence-electron chi connectivity index (χ1n) is 15.4. The largest absolute Gasteiger partial charge is 0.399 e. The van der Waals surface area contributed by atoms with Gasteiger partial charge in [-0.25, -0.2) is 4.39 Å². The lowest BCUT2D eigenvalue weighted by molar-refractivity contribution is 0.0564. The molecule has 0 saturated carbocycles. The van der Waals surface area contributed by atoms with Gasteiger partial charge in [0.05, 0.1) is 5.41 Å². The van der Waals surface area contributed by atoms with E-state index >= 15 is 0 Å². The fourth-order valence-corrected chi connectivity index (χ4v) is 6.71. The predicted octanol–water partition coefficient (Wildman–Crippen LogP) is 7.37. The molecule has 4 rings (SSSR count). The Balaban J connectivity index is 1.93. The molecule has 4 aromatic carbocycles.